The molecule has 0 atom stereocenters. The van der Waals surface area contributed by atoms with Crippen LogP contribution in [0.25, 0.3) is 22.3 Å². The summed E-state index contributed by atoms with van der Waals surface area (Å²) in [6.45, 7) is 5.81. The van der Waals surface area contributed by atoms with Crippen molar-refractivity contribution in [3.63, 3.8) is 0 Å². The number of carbonyl (C=O) groups excluding carboxylic acids is 1. The van der Waals surface area contributed by atoms with Gasteiger partial charge in [0.05, 0.1) is 46.2 Å². The van der Waals surface area contributed by atoms with E-state index in [4.69, 9.17) is 16.3 Å². The molecule has 4 rings (SSSR count). The molecule has 0 N–H and O–H groups in total. The number of halogens is 4. The largest absolute Gasteiger partial charge is 0.461 e. The molecule has 0 unspecified atom stereocenters. The Kier molecular flexibility index (Phi) is 6.31. The molecule has 6 nitrogen and oxygen atoms in total. The molecule has 0 radical (unpaired) electrons. The summed E-state index contributed by atoms with van der Waals surface area (Å²) in [5, 5.41) is -0.0762. The molecule has 0 fully saturated rings. The van der Waals surface area contributed by atoms with Crippen LogP contribution in [0.4, 0.5) is 13.2 Å². The lowest BCUT2D eigenvalue weighted by molar-refractivity contribution is -0.137. The predicted octanol–water partition coefficient (Wildman–Crippen LogP) is 6.01. The summed E-state index contributed by atoms with van der Waals surface area (Å²) in [5.41, 5.74) is 3.28. The van der Waals surface area contributed by atoms with Crippen LogP contribution in [0.15, 0.2) is 42.6 Å². The number of hydrogen-bond donors (Lipinski definition) is 0. The average molecular weight is 489 g/mol. The van der Waals surface area contributed by atoms with Crippen LogP contribution in [0.1, 0.15) is 40.1 Å². The number of carbonyl (C=O) groups is 1. The first kappa shape index (κ1) is 23.7. The Morgan fingerprint density at radius 3 is 2.59 bits per heavy atom. The number of benzene rings is 1. The van der Waals surface area contributed by atoms with Gasteiger partial charge in [-0.05, 0) is 56.7 Å². The van der Waals surface area contributed by atoms with Crippen LogP contribution in [0.2, 0.25) is 5.02 Å². The minimum Gasteiger partial charge on any atom is -0.461 e. The van der Waals surface area contributed by atoms with Gasteiger partial charge >= 0.3 is 12.1 Å². The molecule has 0 bridgehead atoms. The molecule has 0 aliphatic rings. The van der Waals surface area contributed by atoms with Gasteiger partial charge in [0.2, 0.25) is 0 Å². The molecule has 176 valence electrons. The van der Waals surface area contributed by atoms with Crippen molar-refractivity contribution in [3.05, 3.63) is 76.0 Å². The van der Waals surface area contributed by atoms with E-state index in [0.29, 0.717) is 17.2 Å². The number of nitrogens with zero attached hydrogens (tertiary/aromatic N) is 4. The number of aromatic nitrogens is 4. The van der Waals surface area contributed by atoms with Gasteiger partial charge in [0, 0.05) is 11.8 Å². The van der Waals surface area contributed by atoms with E-state index < -0.39 is 17.7 Å². The van der Waals surface area contributed by atoms with Gasteiger partial charge in [-0.15, -0.1) is 0 Å². The van der Waals surface area contributed by atoms with Crippen LogP contribution in [-0.2, 0) is 17.5 Å². The number of aryl methyl sites for hydroxylation is 2. The van der Waals surface area contributed by atoms with E-state index in [1.165, 1.54) is 0 Å². The minimum atomic E-state index is -4.52. The Labute approximate surface area is 198 Å². The second kappa shape index (κ2) is 9.06. The standard InChI is InChI=1S/C24H20ClF3N4O2/c1-4-34-23(33)19-7-5-6-18(31-19)15-8-13(2)22-21(9-15)32(14(3)30-22)12-20-17(25)10-16(11-29-20)24(26,27)28/h5-11H,4,12H2,1-3H3. The molecule has 0 saturated carbocycles. The second-order valence-electron chi connectivity index (χ2n) is 7.68. The first-order chi connectivity index (χ1) is 16.1. The summed E-state index contributed by atoms with van der Waals surface area (Å²) in [6.07, 6.45) is -3.75. The quantitative estimate of drug-likeness (QED) is 0.322. The lowest BCUT2D eigenvalue weighted by Gasteiger charge is -2.12. The highest BCUT2D eigenvalue weighted by atomic mass is 35.5. The van der Waals surface area contributed by atoms with Gasteiger partial charge in [0.1, 0.15) is 11.5 Å². The van der Waals surface area contributed by atoms with Crippen molar-refractivity contribution in [2.45, 2.75) is 33.5 Å². The van der Waals surface area contributed by atoms with Crippen LogP contribution >= 0.6 is 11.6 Å². The SMILES string of the molecule is CCOC(=O)c1cccc(-c2cc(C)c3nc(C)n(Cc4ncc(C(F)(F)F)cc4Cl)c3c2)n1. The Hall–Kier alpha value is -3.46. The molecule has 10 heteroatoms. The number of ether oxygens (including phenoxy) is 1. The molecule has 3 heterocycles. The summed E-state index contributed by atoms with van der Waals surface area (Å²) >= 11 is 6.14. The van der Waals surface area contributed by atoms with Crippen LogP contribution in [0.5, 0.6) is 0 Å². The summed E-state index contributed by atoms with van der Waals surface area (Å²) in [5.74, 6) is 0.146. The van der Waals surface area contributed by atoms with Crippen molar-refractivity contribution in [3.8, 4) is 11.3 Å². The molecule has 0 amide bonds. The fourth-order valence-electron chi connectivity index (χ4n) is 3.66. The van der Waals surface area contributed by atoms with E-state index in [0.717, 1.165) is 34.4 Å². The average Bonchev–Trinajstić information content (AvgIpc) is 3.10. The monoisotopic (exact) mass is 488 g/mol. The van der Waals surface area contributed by atoms with Gasteiger partial charge in [-0.25, -0.2) is 14.8 Å². The zero-order valence-electron chi connectivity index (χ0n) is 18.6. The van der Waals surface area contributed by atoms with E-state index >= 15 is 0 Å². The minimum absolute atomic E-state index is 0.0762. The highest BCUT2D eigenvalue weighted by molar-refractivity contribution is 6.31. The van der Waals surface area contributed by atoms with Crippen molar-refractivity contribution in [2.75, 3.05) is 6.61 Å². The number of hydrogen-bond acceptors (Lipinski definition) is 5. The number of fused-ring (bicyclic) bond motifs is 1. The van der Waals surface area contributed by atoms with E-state index in [1.54, 1.807) is 32.0 Å². The molecule has 1 aromatic carbocycles. The smallest absolute Gasteiger partial charge is 0.417 e. The topological polar surface area (TPSA) is 69.9 Å². The van der Waals surface area contributed by atoms with Crippen molar-refractivity contribution < 1.29 is 22.7 Å². The van der Waals surface area contributed by atoms with Crippen LogP contribution < -0.4 is 0 Å². The number of pyridine rings is 2. The van der Waals surface area contributed by atoms with E-state index in [-0.39, 0.29) is 23.9 Å². The summed E-state index contributed by atoms with van der Waals surface area (Å²) in [7, 11) is 0. The highest BCUT2D eigenvalue weighted by Gasteiger charge is 2.31. The molecule has 3 aromatic heterocycles. The molecule has 0 spiro atoms. The maximum absolute atomic E-state index is 13.0. The van der Waals surface area contributed by atoms with Gasteiger partial charge in [-0.1, -0.05) is 17.7 Å². The third-order valence-electron chi connectivity index (χ3n) is 5.32. The second-order valence-corrected chi connectivity index (χ2v) is 8.09. The Balaban J connectivity index is 1.77. The molecule has 0 saturated heterocycles. The number of alkyl halides is 3. The molecule has 0 aliphatic heterocycles. The molecular formula is C24H20ClF3N4O2. The maximum atomic E-state index is 13.0. The number of rotatable bonds is 5. The zero-order valence-corrected chi connectivity index (χ0v) is 19.3. The summed E-state index contributed by atoms with van der Waals surface area (Å²) in [6, 6.07) is 9.75. The third kappa shape index (κ3) is 4.61. The molecule has 4 aromatic rings. The lowest BCUT2D eigenvalue weighted by atomic mass is 10.1. The van der Waals surface area contributed by atoms with Gasteiger partial charge in [-0.2, -0.15) is 13.2 Å². The van der Waals surface area contributed by atoms with Crippen molar-refractivity contribution in [1.82, 2.24) is 19.5 Å². The number of imidazole rings is 1. The van der Waals surface area contributed by atoms with Crippen LogP contribution in [-0.4, -0.2) is 32.1 Å². The van der Waals surface area contributed by atoms with E-state index in [9.17, 15) is 18.0 Å². The normalized spacial score (nSPS) is 11.7. The summed E-state index contributed by atoms with van der Waals surface area (Å²) in [4.78, 5) is 25.1. The first-order valence-corrected chi connectivity index (χ1v) is 10.8. The zero-order chi connectivity index (χ0) is 24.6. The number of esters is 1. The van der Waals surface area contributed by atoms with Gasteiger partial charge < -0.3 is 9.30 Å². The Morgan fingerprint density at radius 2 is 1.91 bits per heavy atom. The molecule has 0 aliphatic carbocycles. The van der Waals surface area contributed by atoms with Gasteiger partial charge in [0.25, 0.3) is 0 Å². The van der Waals surface area contributed by atoms with Crippen molar-refractivity contribution >= 4 is 28.6 Å². The van der Waals surface area contributed by atoms with Crippen LogP contribution in [0, 0.1) is 13.8 Å². The van der Waals surface area contributed by atoms with Crippen molar-refractivity contribution in [1.29, 1.82) is 0 Å². The van der Waals surface area contributed by atoms with Crippen molar-refractivity contribution in [2.24, 2.45) is 0 Å². The molecule has 34 heavy (non-hydrogen) atoms. The van der Waals surface area contributed by atoms with Gasteiger partial charge in [0.15, 0.2) is 0 Å². The molecular weight excluding hydrogens is 469 g/mol. The summed E-state index contributed by atoms with van der Waals surface area (Å²) < 4.78 is 45.8. The Morgan fingerprint density at radius 1 is 1.15 bits per heavy atom. The first-order valence-electron chi connectivity index (χ1n) is 10.4. The fourth-order valence-corrected chi connectivity index (χ4v) is 3.88. The maximum Gasteiger partial charge on any atom is 0.417 e. The Bertz CT molecular complexity index is 1400. The highest BCUT2D eigenvalue weighted by Crippen LogP contribution is 2.32. The van der Waals surface area contributed by atoms with E-state index in [1.807, 2.05) is 23.6 Å². The fraction of sp³-hybridized carbons (Fsp3) is 0.250. The van der Waals surface area contributed by atoms with E-state index in [2.05, 4.69) is 15.0 Å². The van der Waals surface area contributed by atoms with Gasteiger partial charge in [-0.3, -0.25) is 4.98 Å². The third-order valence-corrected chi connectivity index (χ3v) is 5.64. The van der Waals surface area contributed by atoms with Crippen LogP contribution in [0.3, 0.4) is 0 Å². The predicted molar refractivity (Wildman–Crippen MR) is 122 cm³/mol. The lowest BCUT2D eigenvalue weighted by Crippen LogP contribution is -2.09.